The molecule has 0 saturated carbocycles. The molecule has 0 spiro atoms. The van der Waals surface area contributed by atoms with Gasteiger partial charge < -0.3 is 11.1 Å². The van der Waals surface area contributed by atoms with Crippen molar-refractivity contribution < 1.29 is 4.79 Å². The Bertz CT molecular complexity index is 610. The van der Waals surface area contributed by atoms with Crippen molar-refractivity contribution in [3.05, 3.63) is 42.0 Å². The molecule has 21 heavy (non-hydrogen) atoms. The maximum Gasteiger partial charge on any atom is 0.251 e. The van der Waals surface area contributed by atoms with Crippen molar-refractivity contribution in [2.45, 2.75) is 26.3 Å². The van der Waals surface area contributed by atoms with Gasteiger partial charge in [0.25, 0.3) is 5.91 Å². The van der Waals surface area contributed by atoms with Gasteiger partial charge in [-0.3, -0.25) is 4.79 Å². The van der Waals surface area contributed by atoms with E-state index in [1.165, 1.54) is 6.33 Å². The molecule has 0 aliphatic heterocycles. The maximum absolute atomic E-state index is 12.2. The first-order valence-corrected chi connectivity index (χ1v) is 6.41. The summed E-state index contributed by atoms with van der Waals surface area (Å²) in [4.78, 5) is 16.1. The van der Waals surface area contributed by atoms with Crippen LogP contribution in [0.15, 0.2) is 30.9 Å². The topological polar surface area (TPSA) is 85.8 Å². The normalized spacial score (nSPS) is 10.9. The van der Waals surface area contributed by atoms with E-state index in [0.29, 0.717) is 12.1 Å². The molecule has 1 aromatic carbocycles. The minimum Gasteiger partial charge on any atom is -0.346 e. The Morgan fingerprint density at radius 2 is 2.14 bits per heavy atom. The summed E-state index contributed by atoms with van der Waals surface area (Å²) in [5.41, 5.74) is 7.65. The molecule has 7 heteroatoms. The van der Waals surface area contributed by atoms with E-state index in [9.17, 15) is 4.79 Å². The van der Waals surface area contributed by atoms with E-state index in [0.717, 1.165) is 11.3 Å². The van der Waals surface area contributed by atoms with Crippen LogP contribution < -0.4 is 11.1 Å². The van der Waals surface area contributed by atoms with E-state index in [-0.39, 0.29) is 18.3 Å². The zero-order valence-corrected chi connectivity index (χ0v) is 13.1. The molecule has 114 valence electrons. The summed E-state index contributed by atoms with van der Waals surface area (Å²) in [5, 5.41) is 6.99. The zero-order chi connectivity index (χ0) is 14.8. The van der Waals surface area contributed by atoms with Crippen molar-refractivity contribution in [2.75, 3.05) is 6.54 Å². The molecule has 0 radical (unpaired) electrons. The second-order valence-corrected chi connectivity index (χ2v) is 5.38. The van der Waals surface area contributed by atoms with Crippen molar-refractivity contribution in [3.8, 4) is 5.69 Å². The van der Waals surface area contributed by atoms with Crippen LogP contribution in [0.25, 0.3) is 5.69 Å². The van der Waals surface area contributed by atoms with Gasteiger partial charge in [0.15, 0.2) is 0 Å². The number of nitrogens with one attached hydrogen (secondary N) is 1. The van der Waals surface area contributed by atoms with Crippen molar-refractivity contribution in [3.63, 3.8) is 0 Å². The van der Waals surface area contributed by atoms with E-state index in [4.69, 9.17) is 5.73 Å². The number of halogens is 1. The third-order valence-electron chi connectivity index (χ3n) is 3.09. The Balaban J connectivity index is 0.00000220. The molecule has 0 saturated heterocycles. The van der Waals surface area contributed by atoms with Gasteiger partial charge in [-0.1, -0.05) is 0 Å². The number of hydrogen-bond donors (Lipinski definition) is 2. The molecular weight excluding hydrogens is 290 g/mol. The molecule has 0 fully saturated rings. The van der Waals surface area contributed by atoms with Gasteiger partial charge in [-0.25, -0.2) is 9.67 Å². The maximum atomic E-state index is 12.2. The summed E-state index contributed by atoms with van der Waals surface area (Å²) < 4.78 is 1.67. The number of hydrogen-bond acceptors (Lipinski definition) is 4. The van der Waals surface area contributed by atoms with Gasteiger partial charge >= 0.3 is 0 Å². The second-order valence-electron chi connectivity index (χ2n) is 5.38. The molecule has 3 N–H and O–H groups in total. The third-order valence-corrected chi connectivity index (χ3v) is 3.09. The number of rotatable bonds is 4. The predicted molar refractivity (Wildman–Crippen MR) is 83.9 cm³/mol. The lowest BCUT2D eigenvalue weighted by molar-refractivity contribution is 0.0915. The molecular formula is C14H20ClN5O. The lowest BCUT2D eigenvalue weighted by Gasteiger charge is -2.24. The summed E-state index contributed by atoms with van der Waals surface area (Å²) in [7, 11) is 0. The van der Waals surface area contributed by atoms with Gasteiger partial charge in [0.05, 0.1) is 5.69 Å². The van der Waals surface area contributed by atoms with Crippen LogP contribution in [0.2, 0.25) is 0 Å². The van der Waals surface area contributed by atoms with Gasteiger partial charge in [0, 0.05) is 17.6 Å². The minimum absolute atomic E-state index is 0. The van der Waals surface area contributed by atoms with Crippen LogP contribution >= 0.6 is 12.4 Å². The number of amides is 1. The Morgan fingerprint density at radius 3 is 2.67 bits per heavy atom. The smallest absolute Gasteiger partial charge is 0.251 e. The fourth-order valence-electron chi connectivity index (χ4n) is 1.82. The van der Waals surface area contributed by atoms with Crippen LogP contribution in [0.4, 0.5) is 0 Å². The van der Waals surface area contributed by atoms with E-state index >= 15 is 0 Å². The van der Waals surface area contributed by atoms with Gasteiger partial charge in [0.2, 0.25) is 0 Å². The summed E-state index contributed by atoms with van der Waals surface area (Å²) >= 11 is 0. The van der Waals surface area contributed by atoms with E-state index in [2.05, 4.69) is 15.4 Å². The molecule has 1 heterocycles. The van der Waals surface area contributed by atoms with Gasteiger partial charge in [-0.15, -0.1) is 12.4 Å². The molecule has 0 unspecified atom stereocenters. The zero-order valence-electron chi connectivity index (χ0n) is 12.3. The fourth-order valence-corrected chi connectivity index (χ4v) is 1.82. The van der Waals surface area contributed by atoms with Crippen molar-refractivity contribution in [2.24, 2.45) is 5.73 Å². The average Bonchev–Trinajstić information content (AvgIpc) is 2.92. The second kappa shape index (κ2) is 6.69. The summed E-state index contributed by atoms with van der Waals surface area (Å²) in [6, 6.07) is 5.46. The highest BCUT2D eigenvalue weighted by Crippen LogP contribution is 2.15. The number of nitrogens with two attached hydrogens (primary N) is 1. The molecule has 0 bridgehead atoms. The first-order chi connectivity index (χ1) is 9.43. The van der Waals surface area contributed by atoms with Crippen LogP contribution in [0.3, 0.4) is 0 Å². The predicted octanol–water partition coefficient (Wildman–Crippen LogP) is 1.46. The number of carbonyl (C=O) groups excluding carboxylic acids is 1. The first-order valence-electron chi connectivity index (χ1n) is 6.41. The monoisotopic (exact) mass is 309 g/mol. The quantitative estimate of drug-likeness (QED) is 0.895. The number of aryl methyl sites for hydroxylation is 1. The number of benzene rings is 1. The lowest BCUT2D eigenvalue weighted by atomic mass is 10.0. The summed E-state index contributed by atoms with van der Waals surface area (Å²) in [5.74, 6) is -0.131. The van der Waals surface area contributed by atoms with Gasteiger partial charge in [-0.2, -0.15) is 5.10 Å². The van der Waals surface area contributed by atoms with E-state index in [1.807, 2.05) is 32.9 Å². The summed E-state index contributed by atoms with van der Waals surface area (Å²) in [6.07, 6.45) is 3.10. The molecule has 2 rings (SSSR count). The summed E-state index contributed by atoms with van der Waals surface area (Å²) in [6.45, 7) is 6.10. The first kappa shape index (κ1) is 17.1. The molecule has 1 amide bonds. The van der Waals surface area contributed by atoms with Gasteiger partial charge in [-0.05, 0) is 44.5 Å². The fraction of sp³-hybridized carbons (Fsp3) is 0.357. The van der Waals surface area contributed by atoms with Crippen LogP contribution in [0.1, 0.15) is 29.8 Å². The highest BCUT2D eigenvalue weighted by Gasteiger charge is 2.19. The Hall–Kier alpha value is -1.92. The standard InChI is InChI=1S/C14H19N5O.ClH/c1-10-6-11(13(20)18-14(2,3)7-15)4-5-12(10)19-9-16-8-17-19;/h4-6,8-9H,7,15H2,1-3H3,(H,18,20);1H. The van der Waals surface area contributed by atoms with Crippen molar-refractivity contribution in [1.29, 1.82) is 0 Å². The lowest BCUT2D eigenvalue weighted by Crippen LogP contribution is -2.48. The molecule has 0 aliphatic carbocycles. The molecule has 1 aromatic heterocycles. The third kappa shape index (κ3) is 4.03. The molecule has 6 nitrogen and oxygen atoms in total. The van der Waals surface area contributed by atoms with Gasteiger partial charge in [0.1, 0.15) is 12.7 Å². The van der Waals surface area contributed by atoms with Crippen LogP contribution in [0.5, 0.6) is 0 Å². The highest BCUT2D eigenvalue weighted by atomic mass is 35.5. The van der Waals surface area contributed by atoms with Crippen LogP contribution in [-0.2, 0) is 0 Å². The van der Waals surface area contributed by atoms with Crippen LogP contribution in [0, 0.1) is 6.92 Å². The van der Waals surface area contributed by atoms with Crippen molar-refractivity contribution >= 4 is 18.3 Å². The van der Waals surface area contributed by atoms with Crippen molar-refractivity contribution in [1.82, 2.24) is 20.1 Å². The Labute approximate surface area is 130 Å². The SMILES string of the molecule is Cc1cc(C(=O)NC(C)(C)CN)ccc1-n1cncn1.Cl. The number of nitrogens with zero attached hydrogens (tertiary/aromatic N) is 3. The Morgan fingerprint density at radius 1 is 1.43 bits per heavy atom. The van der Waals surface area contributed by atoms with E-state index in [1.54, 1.807) is 17.1 Å². The van der Waals surface area contributed by atoms with E-state index < -0.39 is 5.54 Å². The Kier molecular flexibility index (Phi) is 5.46. The van der Waals surface area contributed by atoms with Crippen LogP contribution in [-0.4, -0.2) is 32.8 Å². The highest BCUT2D eigenvalue weighted by molar-refractivity contribution is 5.95. The number of aromatic nitrogens is 3. The minimum atomic E-state index is -0.421. The molecule has 0 atom stereocenters. The molecule has 2 aromatic rings. The largest absolute Gasteiger partial charge is 0.346 e. The molecule has 0 aliphatic rings. The average molecular weight is 310 g/mol. The number of carbonyl (C=O) groups is 1.